The summed E-state index contributed by atoms with van der Waals surface area (Å²) >= 11 is 0. The van der Waals surface area contributed by atoms with Crippen molar-refractivity contribution in [3.05, 3.63) is 41.4 Å². The van der Waals surface area contributed by atoms with Crippen molar-refractivity contribution in [2.75, 3.05) is 0 Å². The van der Waals surface area contributed by atoms with Gasteiger partial charge in [0.25, 0.3) is 0 Å². The van der Waals surface area contributed by atoms with Crippen LogP contribution in [0.4, 0.5) is 0 Å². The molecule has 2 rings (SSSR count). The number of nitrogens with zero attached hydrogens (tertiary/aromatic N) is 2. The maximum atomic E-state index is 4.21. The summed E-state index contributed by atoms with van der Waals surface area (Å²) in [5.74, 6) is 0. The van der Waals surface area contributed by atoms with Gasteiger partial charge in [-0.3, -0.25) is 4.98 Å². The highest BCUT2D eigenvalue weighted by atomic mass is 15.0. The molecule has 2 heteroatoms. The number of fused-ring (bicyclic) bond motifs is 1. The molecule has 16 heavy (non-hydrogen) atoms. The summed E-state index contributed by atoms with van der Waals surface area (Å²) in [7, 11) is 0. The van der Waals surface area contributed by atoms with Gasteiger partial charge in [-0.1, -0.05) is 11.6 Å². The lowest BCUT2D eigenvalue weighted by molar-refractivity contribution is 0.816. The summed E-state index contributed by atoms with van der Waals surface area (Å²) in [6.45, 7) is 9.55. The molecule has 0 saturated heterocycles. The van der Waals surface area contributed by atoms with Crippen LogP contribution in [-0.2, 0) is 6.54 Å². The van der Waals surface area contributed by atoms with Crippen molar-refractivity contribution in [1.82, 2.24) is 9.55 Å². The number of aryl methyl sites for hydroxylation is 1. The molecular formula is C14H18N2. The van der Waals surface area contributed by atoms with Crippen LogP contribution >= 0.6 is 0 Å². The first-order valence-corrected chi connectivity index (χ1v) is 5.64. The quantitative estimate of drug-likeness (QED) is 0.698. The average Bonchev–Trinajstić information content (AvgIpc) is 2.50. The van der Waals surface area contributed by atoms with Gasteiger partial charge in [-0.15, -0.1) is 0 Å². The third-order valence-corrected chi connectivity index (χ3v) is 3.12. The van der Waals surface area contributed by atoms with E-state index in [2.05, 4.69) is 49.4 Å². The number of rotatable bonds is 2. The predicted octanol–water partition coefficient (Wildman–Crippen LogP) is 3.62. The lowest BCUT2D eigenvalue weighted by atomic mass is 10.2. The van der Waals surface area contributed by atoms with E-state index in [9.17, 15) is 0 Å². The molecule has 0 aliphatic carbocycles. The lowest BCUT2D eigenvalue weighted by Gasteiger charge is -2.05. The Kier molecular flexibility index (Phi) is 2.82. The van der Waals surface area contributed by atoms with Crippen molar-refractivity contribution >= 4 is 10.9 Å². The van der Waals surface area contributed by atoms with Crippen molar-refractivity contribution in [2.24, 2.45) is 0 Å². The molecule has 0 fully saturated rings. The zero-order valence-electron chi connectivity index (χ0n) is 10.4. The molecule has 0 amide bonds. The van der Waals surface area contributed by atoms with Gasteiger partial charge in [-0.2, -0.15) is 0 Å². The molecule has 0 aromatic carbocycles. The Bertz CT molecular complexity index is 543. The van der Waals surface area contributed by atoms with E-state index in [1.165, 1.54) is 27.7 Å². The third kappa shape index (κ3) is 1.75. The van der Waals surface area contributed by atoms with Gasteiger partial charge in [0, 0.05) is 23.8 Å². The highest BCUT2D eigenvalue weighted by Gasteiger charge is 2.08. The van der Waals surface area contributed by atoms with Gasteiger partial charge >= 0.3 is 0 Å². The van der Waals surface area contributed by atoms with Crippen LogP contribution in [0.5, 0.6) is 0 Å². The SMILES string of the molecule is CC(C)=CCn1c(C)c(C)c2ccncc21. The van der Waals surface area contributed by atoms with Crippen molar-refractivity contribution in [2.45, 2.75) is 34.2 Å². The molecule has 2 heterocycles. The lowest BCUT2D eigenvalue weighted by Crippen LogP contribution is -1.98. The molecule has 0 aliphatic rings. The third-order valence-electron chi connectivity index (χ3n) is 3.12. The van der Waals surface area contributed by atoms with Crippen LogP contribution in [0.1, 0.15) is 25.1 Å². The maximum Gasteiger partial charge on any atom is 0.0674 e. The highest BCUT2D eigenvalue weighted by molar-refractivity contribution is 5.84. The minimum absolute atomic E-state index is 0.935. The molecule has 0 spiro atoms. The molecule has 2 aromatic rings. The minimum Gasteiger partial charge on any atom is -0.340 e. The fourth-order valence-electron chi connectivity index (χ4n) is 2.01. The number of allylic oxidation sites excluding steroid dienone is 2. The van der Waals surface area contributed by atoms with E-state index in [1.807, 2.05) is 12.4 Å². The predicted molar refractivity (Wildman–Crippen MR) is 68.6 cm³/mol. The van der Waals surface area contributed by atoms with Gasteiger partial charge < -0.3 is 4.57 Å². The first-order valence-electron chi connectivity index (χ1n) is 5.64. The van der Waals surface area contributed by atoms with E-state index in [0.29, 0.717) is 0 Å². The molecule has 0 aliphatic heterocycles. The van der Waals surface area contributed by atoms with E-state index in [0.717, 1.165) is 6.54 Å². The Balaban J connectivity index is 2.60. The molecule has 0 bridgehead atoms. The number of aromatic nitrogens is 2. The van der Waals surface area contributed by atoms with Gasteiger partial charge in [0.05, 0.1) is 11.7 Å². The van der Waals surface area contributed by atoms with Crippen LogP contribution < -0.4 is 0 Å². The average molecular weight is 214 g/mol. The molecule has 0 atom stereocenters. The van der Waals surface area contributed by atoms with Gasteiger partial charge in [-0.05, 0) is 39.3 Å². The largest absolute Gasteiger partial charge is 0.340 e. The molecule has 0 unspecified atom stereocenters. The topological polar surface area (TPSA) is 17.8 Å². The Morgan fingerprint density at radius 3 is 2.81 bits per heavy atom. The van der Waals surface area contributed by atoms with Crippen molar-refractivity contribution in [3.8, 4) is 0 Å². The number of pyridine rings is 1. The van der Waals surface area contributed by atoms with Crippen LogP contribution in [-0.4, -0.2) is 9.55 Å². The normalized spacial score (nSPS) is 10.8. The summed E-state index contributed by atoms with van der Waals surface area (Å²) < 4.78 is 2.32. The summed E-state index contributed by atoms with van der Waals surface area (Å²) in [5.41, 5.74) is 5.28. The number of hydrogen-bond donors (Lipinski definition) is 0. The van der Waals surface area contributed by atoms with Crippen molar-refractivity contribution in [1.29, 1.82) is 0 Å². The van der Waals surface area contributed by atoms with Gasteiger partial charge in [0.15, 0.2) is 0 Å². The van der Waals surface area contributed by atoms with Crippen LogP contribution in [0.15, 0.2) is 30.1 Å². The summed E-state index contributed by atoms with van der Waals surface area (Å²) in [5, 5.41) is 1.31. The monoisotopic (exact) mass is 214 g/mol. The van der Waals surface area contributed by atoms with Crippen LogP contribution in [0, 0.1) is 13.8 Å². The zero-order valence-corrected chi connectivity index (χ0v) is 10.4. The Hall–Kier alpha value is -1.57. The standard InChI is InChI=1S/C14H18N2/c1-10(2)6-8-16-12(4)11(3)13-5-7-15-9-14(13)16/h5-7,9H,8H2,1-4H3. The second kappa shape index (κ2) is 4.12. The fourth-order valence-corrected chi connectivity index (χ4v) is 2.01. The van der Waals surface area contributed by atoms with Crippen LogP contribution in [0.3, 0.4) is 0 Å². The molecule has 84 valence electrons. The molecule has 0 saturated carbocycles. The second-order valence-corrected chi connectivity index (χ2v) is 4.50. The van der Waals surface area contributed by atoms with E-state index >= 15 is 0 Å². The van der Waals surface area contributed by atoms with Crippen molar-refractivity contribution in [3.63, 3.8) is 0 Å². The zero-order chi connectivity index (χ0) is 11.7. The van der Waals surface area contributed by atoms with E-state index < -0.39 is 0 Å². The number of hydrogen-bond acceptors (Lipinski definition) is 1. The van der Waals surface area contributed by atoms with Crippen LogP contribution in [0.25, 0.3) is 10.9 Å². The molecule has 2 aromatic heterocycles. The van der Waals surface area contributed by atoms with Crippen LogP contribution in [0.2, 0.25) is 0 Å². The minimum atomic E-state index is 0.935. The summed E-state index contributed by atoms with van der Waals surface area (Å²) in [6, 6.07) is 2.09. The summed E-state index contributed by atoms with van der Waals surface area (Å²) in [6.07, 6.45) is 6.06. The first-order chi connectivity index (χ1) is 7.61. The van der Waals surface area contributed by atoms with E-state index in [1.54, 1.807) is 0 Å². The van der Waals surface area contributed by atoms with Gasteiger partial charge in [0.2, 0.25) is 0 Å². The Morgan fingerprint density at radius 2 is 2.12 bits per heavy atom. The molecule has 0 N–H and O–H groups in total. The molecular weight excluding hydrogens is 196 g/mol. The maximum absolute atomic E-state index is 4.21. The van der Waals surface area contributed by atoms with Gasteiger partial charge in [-0.25, -0.2) is 0 Å². The Morgan fingerprint density at radius 1 is 1.38 bits per heavy atom. The Labute approximate surface area is 96.6 Å². The fraction of sp³-hybridized carbons (Fsp3) is 0.357. The van der Waals surface area contributed by atoms with Gasteiger partial charge in [0.1, 0.15) is 0 Å². The van der Waals surface area contributed by atoms with E-state index in [4.69, 9.17) is 0 Å². The smallest absolute Gasteiger partial charge is 0.0674 e. The second-order valence-electron chi connectivity index (χ2n) is 4.50. The molecule has 0 radical (unpaired) electrons. The molecule has 2 nitrogen and oxygen atoms in total. The van der Waals surface area contributed by atoms with E-state index in [-0.39, 0.29) is 0 Å². The summed E-state index contributed by atoms with van der Waals surface area (Å²) in [4.78, 5) is 4.21. The highest BCUT2D eigenvalue weighted by Crippen LogP contribution is 2.24. The van der Waals surface area contributed by atoms with Crippen molar-refractivity contribution < 1.29 is 0 Å². The first kappa shape index (κ1) is 10.9.